The highest BCUT2D eigenvalue weighted by atomic mass is 19.4. The standard InChI is InChI=1S/C12H9F4NO/c13-10-7-4-2-1-3-6(7)8-5-9(10)18-11(17-8)12(14,15)16/h1-4,8-10H,5H2/t8-,9+,10-/m0/s1. The first-order valence-corrected chi connectivity index (χ1v) is 5.51. The van der Waals surface area contributed by atoms with E-state index in [-0.39, 0.29) is 6.42 Å². The van der Waals surface area contributed by atoms with Gasteiger partial charge in [0.05, 0.1) is 6.04 Å². The number of halogens is 4. The van der Waals surface area contributed by atoms with Gasteiger partial charge in [-0.05, 0) is 11.1 Å². The Morgan fingerprint density at radius 2 is 1.83 bits per heavy atom. The summed E-state index contributed by atoms with van der Waals surface area (Å²) in [6, 6.07) is 5.84. The highest BCUT2D eigenvalue weighted by molar-refractivity contribution is 5.83. The van der Waals surface area contributed by atoms with Crippen LogP contribution in [0.1, 0.15) is 29.8 Å². The van der Waals surface area contributed by atoms with Gasteiger partial charge in [0.2, 0.25) is 0 Å². The Kier molecular flexibility index (Phi) is 2.36. The Balaban J connectivity index is 2.08. The summed E-state index contributed by atoms with van der Waals surface area (Å²) in [5.74, 6) is -1.32. The van der Waals surface area contributed by atoms with Crippen molar-refractivity contribution in [1.29, 1.82) is 0 Å². The molecule has 0 saturated heterocycles. The predicted octanol–water partition coefficient (Wildman–Crippen LogP) is 3.50. The number of nitrogens with zero attached hydrogens (tertiary/aromatic N) is 1. The first-order chi connectivity index (χ1) is 8.47. The van der Waals surface area contributed by atoms with Crippen LogP contribution in [-0.4, -0.2) is 18.2 Å². The van der Waals surface area contributed by atoms with Gasteiger partial charge in [-0.3, -0.25) is 0 Å². The van der Waals surface area contributed by atoms with Crippen molar-refractivity contribution in [1.82, 2.24) is 0 Å². The number of fused-ring (bicyclic) bond motifs is 4. The molecule has 0 fully saturated rings. The summed E-state index contributed by atoms with van der Waals surface area (Å²) in [6.45, 7) is 0. The average molecular weight is 259 g/mol. The summed E-state index contributed by atoms with van der Waals surface area (Å²) in [6.07, 6.45) is -7.15. The smallest absolute Gasteiger partial charge is 0.468 e. The molecule has 0 amide bonds. The van der Waals surface area contributed by atoms with Crippen molar-refractivity contribution in [3.05, 3.63) is 35.4 Å². The largest absolute Gasteiger partial charge is 0.468 e. The molecule has 1 aliphatic heterocycles. The topological polar surface area (TPSA) is 21.6 Å². The van der Waals surface area contributed by atoms with Gasteiger partial charge in [-0.25, -0.2) is 9.38 Å². The third-order valence-electron chi connectivity index (χ3n) is 3.21. The van der Waals surface area contributed by atoms with Crippen molar-refractivity contribution < 1.29 is 22.3 Å². The van der Waals surface area contributed by atoms with Crippen LogP contribution in [0.2, 0.25) is 0 Å². The lowest BCUT2D eigenvalue weighted by atomic mass is 9.84. The van der Waals surface area contributed by atoms with Crippen molar-refractivity contribution in [3.8, 4) is 0 Å². The van der Waals surface area contributed by atoms with E-state index >= 15 is 0 Å². The molecule has 6 heteroatoms. The molecule has 2 nitrogen and oxygen atoms in total. The minimum absolute atomic E-state index is 0.151. The minimum Gasteiger partial charge on any atom is -0.468 e. The second-order valence-corrected chi connectivity index (χ2v) is 4.37. The van der Waals surface area contributed by atoms with Gasteiger partial charge in [-0.2, -0.15) is 13.2 Å². The number of ether oxygens (including phenoxy) is 1. The van der Waals surface area contributed by atoms with E-state index in [1.165, 1.54) is 0 Å². The molecule has 2 aliphatic rings. The van der Waals surface area contributed by atoms with E-state index in [0.29, 0.717) is 11.1 Å². The van der Waals surface area contributed by atoms with E-state index < -0.39 is 30.4 Å². The third-order valence-corrected chi connectivity index (χ3v) is 3.21. The third kappa shape index (κ3) is 1.67. The lowest BCUT2D eigenvalue weighted by Gasteiger charge is -2.37. The Morgan fingerprint density at radius 1 is 1.17 bits per heavy atom. The number of aliphatic imine (C=N–C) groups is 1. The number of hydrogen-bond donors (Lipinski definition) is 0. The summed E-state index contributed by atoms with van der Waals surface area (Å²) in [5, 5.41) is 0. The molecule has 0 spiro atoms. The Labute approximate surface area is 100 Å². The zero-order valence-electron chi connectivity index (χ0n) is 9.12. The summed E-state index contributed by atoms with van der Waals surface area (Å²) in [4.78, 5) is 3.55. The van der Waals surface area contributed by atoms with E-state index in [2.05, 4.69) is 9.73 Å². The molecule has 2 bridgehead atoms. The van der Waals surface area contributed by atoms with Gasteiger partial charge < -0.3 is 4.74 Å². The zero-order chi connectivity index (χ0) is 12.9. The number of benzene rings is 1. The van der Waals surface area contributed by atoms with Gasteiger partial charge in [0.1, 0.15) is 6.10 Å². The fraction of sp³-hybridized carbons (Fsp3) is 0.417. The van der Waals surface area contributed by atoms with Gasteiger partial charge in [0.15, 0.2) is 6.17 Å². The first-order valence-electron chi connectivity index (χ1n) is 5.51. The summed E-state index contributed by atoms with van der Waals surface area (Å²) >= 11 is 0. The first kappa shape index (κ1) is 11.5. The van der Waals surface area contributed by atoms with Gasteiger partial charge in [-0.15, -0.1) is 0 Å². The molecule has 1 aromatic rings. The van der Waals surface area contributed by atoms with Crippen LogP contribution >= 0.6 is 0 Å². The molecular formula is C12H9F4NO. The van der Waals surface area contributed by atoms with Crippen LogP contribution in [0.25, 0.3) is 0 Å². The molecular weight excluding hydrogens is 250 g/mol. The normalized spacial score (nSPS) is 30.2. The molecule has 3 atom stereocenters. The quantitative estimate of drug-likeness (QED) is 0.653. The number of alkyl halides is 4. The van der Waals surface area contributed by atoms with Crippen molar-refractivity contribution in [3.63, 3.8) is 0 Å². The second-order valence-electron chi connectivity index (χ2n) is 4.37. The van der Waals surface area contributed by atoms with Crippen LogP contribution in [0.3, 0.4) is 0 Å². The SMILES string of the molecule is F[C@H]1c2ccccc2[C@@H]2C[C@H]1OC(C(F)(F)F)=N2. The summed E-state index contributed by atoms with van der Waals surface area (Å²) in [5.41, 5.74) is 0.898. The van der Waals surface area contributed by atoms with Crippen LogP contribution in [0.15, 0.2) is 29.3 Å². The van der Waals surface area contributed by atoms with Gasteiger partial charge in [0.25, 0.3) is 5.90 Å². The van der Waals surface area contributed by atoms with E-state index in [0.717, 1.165) is 0 Å². The van der Waals surface area contributed by atoms with Gasteiger partial charge in [0, 0.05) is 6.42 Å². The summed E-state index contributed by atoms with van der Waals surface area (Å²) in [7, 11) is 0. The minimum atomic E-state index is -4.66. The van der Waals surface area contributed by atoms with Crippen LogP contribution in [0.5, 0.6) is 0 Å². The molecule has 0 saturated carbocycles. The fourth-order valence-electron chi connectivity index (χ4n) is 2.42. The Hall–Kier alpha value is -1.59. The fourth-order valence-corrected chi connectivity index (χ4v) is 2.42. The Bertz CT molecular complexity index is 511. The molecule has 1 aromatic carbocycles. The zero-order valence-corrected chi connectivity index (χ0v) is 9.12. The maximum absolute atomic E-state index is 14.1. The van der Waals surface area contributed by atoms with Crippen molar-refractivity contribution >= 4 is 5.90 Å². The van der Waals surface area contributed by atoms with Crippen LogP contribution < -0.4 is 0 Å². The Morgan fingerprint density at radius 3 is 2.50 bits per heavy atom. The molecule has 1 heterocycles. The van der Waals surface area contributed by atoms with Gasteiger partial charge in [-0.1, -0.05) is 24.3 Å². The van der Waals surface area contributed by atoms with Crippen LogP contribution in [-0.2, 0) is 4.74 Å². The van der Waals surface area contributed by atoms with E-state index in [9.17, 15) is 17.6 Å². The van der Waals surface area contributed by atoms with Crippen LogP contribution in [0.4, 0.5) is 17.6 Å². The molecule has 18 heavy (non-hydrogen) atoms. The van der Waals surface area contributed by atoms with Crippen LogP contribution in [0, 0.1) is 0 Å². The van der Waals surface area contributed by atoms with Crippen molar-refractivity contribution in [2.24, 2.45) is 4.99 Å². The lowest BCUT2D eigenvalue weighted by molar-refractivity contribution is -0.0949. The summed E-state index contributed by atoms with van der Waals surface area (Å²) < 4.78 is 56.4. The monoisotopic (exact) mass is 259 g/mol. The molecule has 0 radical (unpaired) electrons. The molecule has 1 aliphatic carbocycles. The van der Waals surface area contributed by atoms with Gasteiger partial charge >= 0.3 is 6.18 Å². The van der Waals surface area contributed by atoms with Crippen molar-refractivity contribution in [2.45, 2.75) is 30.9 Å². The molecule has 96 valence electrons. The molecule has 0 unspecified atom stereocenters. The lowest BCUT2D eigenvalue weighted by Crippen LogP contribution is -2.40. The molecule has 0 aromatic heterocycles. The number of rotatable bonds is 0. The molecule has 0 N–H and O–H groups in total. The van der Waals surface area contributed by atoms with Crippen molar-refractivity contribution in [2.75, 3.05) is 0 Å². The second kappa shape index (κ2) is 3.70. The predicted molar refractivity (Wildman–Crippen MR) is 56.0 cm³/mol. The van der Waals surface area contributed by atoms with E-state index in [1.807, 2.05) is 0 Å². The van der Waals surface area contributed by atoms with E-state index in [1.54, 1.807) is 24.3 Å². The maximum Gasteiger partial charge on any atom is 0.468 e. The molecule has 3 rings (SSSR count). The average Bonchev–Trinajstić information content (AvgIpc) is 2.35. The highest BCUT2D eigenvalue weighted by Gasteiger charge is 2.48. The maximum atomic E-state index is 14.1. The highest BCUT2D eigenvalue weighted by Crippen LogP contribution is 2.45. The number of hydrogen-bond acceptors (Lipinski definition) is 2. The van der Waals surface area contributed by atoms with E-state index in [4.69, 9.17) is 0 Å².